The summed E-state index contributed by atoms with van der Waals surface area (Å²) in [6.45, 7) is 2.08. The maximum atomic E-state index is 12.4. The third-order valence-electron chi connectivity index (χ3n) is 4.17. The van der Waals surface area contributed by atoms with E-state index in [1.54, 1.807) is 32.2 Å². The van der Waals surface area contributed by atoms with Gasteiger partial charge in [0.1, 0.15) is 0 Å². The van der Waals surface area contributed by atoms with Crippen molar-refractivity contribution in [3.8, 4) is 0 Å². The molecule has 0 spiro atoms. The largest absolute Gasteiger partial charge is 0.347 e. The van der Waals surface area contributed by atoms with Gasteiger partial charge in [0.2, 0.25) is 10.0 Å². The summed E-state index contributed by atoms with van der Waals surface area (Å²) in [5, 5.41) is 3.77. The highest BCUT2D eigenvalue weighted by Gasteiger charge is 2.17. The minimum absolute atomic E-state index is 0.0400. The van der Waals surface area contributed by atoms with Gasteiger partial charge in [-0.05, 0) is 42.1 Å². The van der Waals surface area contributed by atoms with E-state index in [2.05, 4.69) is 5.32 Å². The van der Waals surface area contributed by atoms with Gasteiger partial charge in [-0.1, -0.05) is 30.3 Å². The standard InChI is InChI=1S/C19H20N2O3S2/c1-3-26(23,24)21(2)16-9-10-17-15(11-16)12-18(25-17)19(22)20-13-14-7-5-4-6-8-14/h4-12H,3,13H2,1-2H3,(H,20,22). The summed E-state index contributed by atoms with van der Waals surface area (Å²) in [5.74, 6) is -0.0932. The molecule has 136 valence electrons. The summed E-state index contributed by atoms with van der Waals surface area (Å²) in [5.41, 5.74) is 1.63. The fourth-order valence-electron chi connectivity index (χ4n) is 2.56. The van der Waals surface area contributed by atoms with Crippen LogP contribution in [0.4, 0.5) is 5.69 Å². The number of rotatable bonds is 6. The predicted octanol–water partition coefficient (Wildman–Crippen LogP) is 3.62. The maximum Gasteiger partial charge on any atom is 0.261 e. The van der Waals surface area contributed by atoms with Gasteiger partial charge in [-0.25, -0.2) is 8.42 Å². The quantitative estimate of drug-likeness (QED) is 0.701. The van der Waals surface area contributed by atoms with E-state index in [9.17, 15) is 13.2 Å². The van der Waals surface area contributed by atoms with Gasteiger partial charge in [0.15, 0.2) is 0 Å². The monoisotopic (exact) mass is 388 g/mol. The summed E-state index contributed by atoms with van der Waals surface area (Å²) >= 11 is 1.39. The highest BCUT2D eigenvalue weighted by Crippen LogP contribution is 2.30. The highest BCUT2D eigenvalue weighted by molar-refractivity contribution is 7.92. The Balaban J connectivity index is 1.79. The Morgan fingerprint density at radius 1 is 1.12 bits per heavy atom. The maximum absolute atomic E-state index is 12.4. The number of thiophene rings is 1. The average molecular weight is 389 g/mol. The summed E-state index contributed by atoms with van der Waals surface area (Å²) < 4.78 is 26.3. The van der Waals surface area contributed by atoms with Crippen molar-refractivity contribution in [2.45, 2.75) is 13.5 Å². The van der Waals surface area contributed by atoms with Crippen molar-refractivity contribution in [1.29, 1.82) is 0 Å². The first-order valence-corrected chi connectivity index (χ1v) is 10.7. The summed E-state index contributed by atoms with van der Waals surface area (Å²) in [6, 6.07) is 16.9. The Morgan fingerprint density at radius 3 is 2.54 bits per heavy atom. The van der Waals surface area contributed by atoms with Crippen molar-refractivity contribution >= 4 is 43.0 Å². The SMILES string of the molecule is CCS(=O)(=O)N(C)c1ccc2sc(C(=O)NCc3ccccc3)cc2c1. The molecule has 0 aliphatic carbocycles. The summed E-state index contributed by atoms with van der Waals surface area (Å²) in [7, 11) is -1.77. The fourth-order valence-corrected chi connectivity index (χ4v) is 4.34. The number of amides is 1. The number of hydrogen-bond donors (Lipinski definition) is 1. The first-order chi connectivity index (χ1) is 12.4. The summed E-state index contributed by atoms with van der Waals surface area (Å²) in [6.07, 6.45) is 0. The van der Waals surface area contributed by atoms with Gasteiger partial charge in [0.25, 0.3) is 5.91 Å². The molecule has 26 heavy (non-hydrogen) atoms. The van der Waals surface area contributed by atoms with Crippen molar-refractivity contribution in [3.63, 3.8) is 0 Å². The lowest BCUT2D eigenvalue weighted by molar-refractivity contribution is 0.0955. The lowest BCUT2D eigenvalue weighted by Gasteiger charge is -2.18. The average Bonchev–Trinajstić information content (AvgIpc) is 3.09. The van der Waals surface area contributed by atoms with Crippen LogP contribution in [0.1, 0.15) is 22.2 Å². The molecule has 1 amide bonds. The van der Waals surface area contributed by atoms with Crippen LogP contribution in [-0.2, 0) is 16.6 Å². The Kier molecular flexibility index (Phi) is 5.29. The first kappa shape index (κ1) is 18.4. The van der Waals surface area contributed by atoms with Gasteiger partial charge >= 0.3 is 0 Å². The molecule has 0 atom stereocenters. The number of carbonyl (C=O) groups is 1. The molecule has 3 aromatic rings. The number of hydrogen-bond acceptors (Lipinski definition) is 4. The number of nitrogens with zero attached hydrogens (tertiary/aromatic N) is 1. The number of fused-ring (bicyclic) bond motifs is 1. The van der Waals surface area contributed by atoms with Crippen LogP contribution in [0, 0.1) is 0 Å². The van der Waals surface area contributed by atoms with Crippen LogP contribution >= 0.6 is 11.3 Å². The lowest BCUT2D eigenvalue weighted by Crippen LogP contribution is -2.27. The van der Waals surface area contributed by atoms with Crippen LogP contribution in [0.15, 0.2) is 54.6 Å². The Morgan fingerprint density at radius 2 is 1.85 bits per heavy atom. The zero-order valence-corrected chi connectivity index (χ0v) is 16.2. The van der Waals surface area contributed by atoms with Gasteiger partial charge in [-0.2, -0.15) is 0 Å². The molecule has 0 unspecified atom stereocenters. The lowest BCUT2D eigenvalue weighted by atomic mass is 10.2. The smallest absolute Gasteiger partial charge is 0.261 e. The number of anilines is 1. The van der Waals surface area contributed by atoms with E-state index in [1.165, 1.54) is 15.6 Å². The van der Waals surface area contributed by atoms with Crippen molar-refractivity contribution in [1.82, 2.24) is 5.32 Å². The van der Waals surface area contributed by atoms with Gasteiger partial charge in [0.05, 0.1) is 16.3 Å². The number of sulfonamides is 1. The van der Waals surface area contributed by atoms with Crippen molar-refractivity contribution in [2.75, 3.05) is 17.1 Å². The second-order valence-electron chi connectivity index (χ2n) is 5.87. The number of benzene rings is 2. The number of carbonyl (C=O) groups excluding carboxylic acids is 1. The third-order valence-corrected chi connectivity index (χ3v) is 7.06. The van der Waals surface area contributed by atoms with E-state index >= 15 is 0 Å². The van der Waals surface area contributed by atoms with E-state index in [1.807, 2.05) is 36.4 Å². The molecule has 1 heterocycles. The van der Waals surface area contributed by atoms with Crippen LogP contribution in [-0.4, -0.2) is 27.1 Å². The first-order valence-electron chi connectivity index (χ1n) is 8.23. The molecule has 0 saturated heterocycles. The fraction of sp³-hybridized carbons (Fsp3) is 0.211. The third kappa shape index (κ3) is 3.89. The van der Waals surface area contributed by atoms with Crippen molar-refractivity contribution in [3.05, 3.63) is 65.0 Å². The van der Waals surface area contributed by atoms with Crippen LogP contribution in [0.5, 0.6) is 0 Å². The van der Waals surface area contributed by atoms with E-state index in [0.29, 0.717) is 17.1 Å². The Bertz CT molecular complexity index is 1030. The molecule has 1 N–H and O–H groups in total. The molecule has 2 aromatic carbocycles. The van der Waals surface area contributed by atoms with E-state index in [4.69, 9.17) is 0 Å². The predicted molar refractivity (Wildman–Crippen MR) is 107 cm³/mol. The van der Waals surface area contributed by atoms with E-state index in [-0.39, 0.29) is 11.7 Å². The molecule has 0 saturated carbocycles. The minimum atomic E-state index is -3.31. The molecular weight excluding hydrogens is 368 g/mol. The van der Waals surface area contributed by atoms with Gasteiger partial charge in [-0.15, -0.1) is 11.3 Å². The van der Waals surface area contributed by atoms with Gasteiger partial charge in [0, 0.05) is 18.3 Å². The molecular formula is C19H20N2O3S2. The topological polar surface area (TPSA) is 66.5 Å². The molecule has 0 fully saturated rings. The molecule has 0 radical (unpaired) electrons. The van der Waals surface area contributed by atoms with Crippen LogP contribution < -0.4 is 9.62 Å². The summed E-state index contributed by atoms with van der Waals surface area (Å²) in [4.78, 5) is 13.0. The van der Waals surface area contributed by atoms with Gasteiger partial charge < -0.3 is 5.32 Å². The highest BCUT2D eigenvalue weighted by atomic mass is 32.2. The minimum Gasteiger partial charge on any atom is -0.347 e. The molecule has 3 rings (SSSR count). The number of nitrogens with one attached hydrogen (secondary N) is 1. The Labute approximate surface area is 157 Å². The second-order valence-corrected chi connectivity index (χ2v) is 9.24. The molecule has 0 aliphatic heterocycles. The van der Waals surface area contributed by atoms with Crippen LogP contribution in [0.2, 0.25) is 0 Å². The Hall–Kier alpha value is -2.38. The van der Waals surface area contributed by atoms with Crippen LogP contribution in [0.25, 0.3) is 10.1 Å². The zero-order chi connectivity index (χ0) is 18.7. The molecule has 7 heteroatoms. The van der Waals surface area contributed by atoms with E-state index < -0.39 is 10.0 Å². The normalized spacial score (nSPS) is 11.5. The molecule has 0 aliphatic rings. The molecule has 0 bridgehead atoms. The van der Waals surface area contributed by atoms with Crippen molar-refractivity contribution in [2.24, 2.45) is 0 Å². The van der Waals surface area contributed by atoms with E-state index in [0.717, 1.165) is 15.6 Å². The van der Waals surface area contributed by atoms with Gasteiger partial charge in [-0.3, -0.25) is 9.10 Å². The van der Waals surface area contributed by atoms with Crippen molar-refractivity contribution < 1.29 is 13.2 Å². The van der Waals surface area contributed by atoms with Crippen LogP contribution in [0.3, 0.4) is 0 Å². The molecule has 1 aromatic heterocycles. The molecule has 5 nitrogen and oxygen atoms in total. The second kappa shape index (κ2) is 7.47. The zero-order valence-electron chi connectivity index (χ0n) is 14.6.